The van der Waals surface area contributed by atoms with Crippen LogP contribution in [0.3, 0.4) is 0 Å². The molecule has 2 amide bonds. The average Bonchev–Trinajstić information content (AvgIpc) is 2.69. The Bertz CT molecular complexity index is 850. The highest BCUT2D eigenvalue weighted by Crippen LogP contribution is 2.25. The van der Waals surface area contributed by atoms with Crippen molar-refractivity contribution in [1.29, 1.82) is 0 Å². The maximum atomic E-state index is 13.3. The molecule has 7 heteroatoms. The number of phenolic OH excluding ortho intramolecular Hbond substituents is 1. The van der Waals surface area contributed by atoms with Crippen LogP contribution in [0.15, 0.2) is 48.5 Å². The first-order valence-corrected chi connectivity index (χ1v) is 9.33. The van der Waals surface area contributed by atoms with Gasteiger partial charge in [-0.05, 0) is 63.2 Å². The molecule has 3 rings (SSSR count). The summed E-state index contributed by atoms with van der Waals surface area (Å²) in [6.45, 7) is 3.02. The van der Waals surface area contributed by atoms with E-state index in [9.17, 15) is 19.1 Å². The van der Waals surface area contributed by atoms with Gasteiger partial charge in [0.15, 0.2) is 0 Å². The van der Waals surface area contributed by atoms with Crippen LogP contribution >= 0.6 is 0 Å². The van der Waals surface area contributed by atoms with Gasteiger partial charge in [0, 0.05) is 11.6 Å². The van der Waals surface area contributed by atoms with Gasteiger partial charge in [-0.2, -0.15) is 0 Å². The number of rotatable bonds is 5. The third-order valence-corrected chi connectivity index (χ3v) is 5.08. The fraction of sp³-hybridized carbons (Fsp3) is 0.333. The van der Waals surface area contributed by atoms with Gasteiger partial charge in [-0.3, -0.25) is 14.5 Å². The molecule has 0 saturated carbocycles. The largest absolute Gasteiger partial charge is 0.506 e. The highest BCUT2D eigenvalue weighted by atomic mass is 19.1. The fourth-order valence-corrected chi connectivity index (χ4v) is 3.34. The first-order valence-electron chi connectivity index (χ1n) is 9.33. The Morgan fingerprint density at radius 2 is 1.82 bits per heavy atom. The number of aromatic hydroxyl groups is 1. The number of anilines is 2. The van der Waals surface area contributed by atoms with Crippen molar-refractivity contribution in [2.45, 2.75) is 25.8 Å². The molecular formula is C21H24FN3O3. The molecule has 1 fully saturated rings. The smallest absolute Gasteiger partial charge is 0.241 e. The Hall–Kier alpha value is -2.93. The minimum Gasteiger partial charge on any atom is -0.506 e. The molecule has 148 valence electrons. The molecule has 1 aliphatic rings. The molecular weight excluding hydrogens is 361 g/mol. The molecule has 0 spiro atoms. The minimum absolute atomic E-state index is 0.0379. The number of hydrogen-bond acceptors (Lipinski definition) is 4. The van der Waals surface area contributed by atoms with Gasteiger partial charge in [-0.1, -0.05) is 18.2 Å². The van der Waals surface area contributed by atoms with Gasteiger partial charge in [-0.15, -0.1) is 0 Å². The number of benzene rings is 2. The van der Waals surface area contributed by atoms with E-state index in [0.717, 1.165) is 0 Å². The van der Waals surface area contributed by atoms with Crippen LogP contribution < -0.4 is 10.6 Å². The number of likely N-dealkylation sites (tertiary alicyclic amines) is 1. The molecule has 0 aliphatic carbocycles. The summed E-state index contributed by atoms with van der Waals surface area (Å²) in [6, 6.07) is 12.0. The van der Waals surface area contributed by atoms with Crippen LogP contribution in [0.4, 0.5) is 15.8 Å². The van der Waals surface area contributed by atoms with Crippen molar-refractivity contribution in [1.82, 2.24) is 4.90 Å². The number of nitrogens with zero attached hydrogens (tertiary/aromatic N) is 1. The predicted molar refractivity (Wildman–Crippen MR) is 106 cm³/mol. The summed E-state index contributed by atoms with van der Waals surface area (Å²) in [5.74, 6) is -0.868. The number of nitrogens with one attached hydrogen (secondary N) is 2. The van der Waals surface area contributed by atoms with E-state index in [1.807, 2.05) is 4.90 Å². The number of carbonyl (C=O) groups is 2. The molecule has 0 unspecified atom stereocenters. The zero-order chi connectivity index (χ0) is 20.1. The molecule has 0 radical (unpaired) electrons. The summed E-state index contributed by atoms with van der Waals surface area (Å²) in [7, 11) is 0. The van der Waals surface area contributed by atoms with Crippen LogP contribution in [0.1, 0.15) is 19.8 Å². The number of piperidine rings is 1. The molecule has 1 heterocycles. The molecule has 1 aliphatic heterocycles. The van der Waals surface area contributed by atoms with E-state index in [1.54, 1.807) is 37.3 Å². The Morgan fingerprint density at radius 1 is 1.11 bits per heavy atom. The lowest BCUT2D eigenvalue weighted by Crippen LogP contribution is -2.47. The van der Waals surface area contributed by atoms with Crippen molar-refractivity contribution in [2.24, 2.45) is 5.92 Å². The average molecular weight is 385 g/mol. The summed E-state index contributed by atoms with van der Waals surface area (Å²) in [5.41, 5.74) is 0.826. The summed E-state index contributed by atoms with van der Waals surface area (Å²) in [5, 5.41) is 15.3. The van der Waals surface area contributed by atoms with Crippen molar-refractivity contribution in [2.75, 3.05) is 23.7 Å². The van der Waals surface area contributed by atoms with Crippen molar-refractivity contribution in [3.8, 4) is 5.75 Å². The molecule has 28 heavy (non-hydrogen) atoms. The first-order chi connectivity index (χ1) is 13.4. The van der Waals surface area contributed by atoms with Gasteiger partial charge in [-0.25, -0.2) is 4.39 Å². The van der Waals surface area contributed by atoms with Gasteiger partial charge >= 0.3 is 0 Å². The monoisotopic (exact) mass is 385 g/mol. The number of para-hydroxylation sites is 2. The quantitative estimate of drug-likeness (QED) is 0.691. The SMILES string of the molecule is C[C@@H](C(=O)Nc1cccc(F)c1)N1CCC(C(=O)Nc2ccccc2O)CC1. The van der Waals surface area contributed by atoms with E-state index in [1.165, 1.54) is 18.2 Å². The van der Waals surface area contributed by atoms with Crippen LogP contribution in [0.25, 0.3) is 0 Å². The summed E-state index contributed by atoms with van der Waals surface area (Å²) in [4.78, 5) is 26.9. The molecule has 2 aromatic carbocycles. The Morgan fingerprint density at radius 3 is 2.50 bits per heavy atom. The predicted octanol–water partition coefficient (Wildman–Crippen LogP) is 3.21. The standard InChI is InChI=1S/C21H24FN3O3/c1-14(20(27)23-17-6-4-5-16(22)13-17)25-11-9-15(10-12-25)21(28)24-18-7-2-3-8-19(18)26/h2-8,13-15,26H,9-12H2,1H3,(H,23,27)(H,24,28)/t14-/m0/s1. The van der Waals surface area contributed by atoms with Crippen LogP contribution in [0, 0.1) is 11.7 Å². The van der Waals surface area contributed by atoms with Crippen LogP contribution in [0.2, 0.25) is 0 Å². The van der Waals surface area contributed by atoms with E-state index < -0.39 is 5.82 Å². The first kappa shape index (κ1) is 19.8. The normalized spacial score (nSPS) is 16.4. The fourth-order valence-electron chi connectivity index (χ4n) is 3.34. The van der Waals surface area contributed by atoms with Gasteiger partial charge < -0.3 is 15.7 Å². The second-order valence-electron chi connectivity index (χ2n) is 6.99. The minimum atomic E-state index is -0.401. The summed E-state index contributed by atoms with van der Waals surface area (Å²) in [6.07, 6.45) is 1.24. The van der Waals surface area contributed by atoms with Crippen LogP contribution in [-0.2, 0) is 9.59 Å². The van der Waals surface area contributed by atoms with E-state index in [4.69, 9.17) is 0 Å². The lowest BCUT2D eigenvalue weighted by molar-refractivity contribution is -0.123. The Labute approximate surface area is 163 Å². The maximum Gasteiger partial charge on any atom is 0.241 e. The van der Waals surface area contributed by atoms with Crippen LogP contribution in [-0.4, -0.2) is 41.0 Å². The van der Waals surface area contributed by atoms with Crippen molar-refractivity contribution >= 4 is 23.2 Å². The van der Waals surface area contributed by atoms with Gasteiger partial charge in [0.05, 0.1) is 11.7 Å². The topological polar surface area (TPSA) is 81.7 Å². The van der Waals surface area contributed by atoms with E-state index in [2.05, 4.69) is 10.6 Å². The van der Waals surface area contributed by atoms with Gasteiger partial charge in [0.2, 0.25) is 11.8 Å². The zero-order valence-electron chi connectivity index (χ0n) is 15.7. The molecule has 6 nitrogen and oxygen atoms in total. The van der Waals surface area contributed by atoms with E-state index in [0.29, 0.717) is 37.3 Å². The molecule has 1 atom stereocenters. The lowest BCUT2D eigenvalue weighted by atomic mass is 9.94. The Balaban J connectivity index is 1.50. The number of halogens is 1. The number of amides is 2. The van der Waals surface area contributed by atoms with Crippen molar-refractivity contribution < 1.29 is 19.1 Å². The number of hydrogen-bond donors (Lipinski definition) is 3. The summed E-state index contributed by atoms with van der Waals surface area (Å²) >= 11 is 0. The van der Waals surface area contributed by atoms with Gasteiger partial charge in [0.25, 0.3) is 0 Å². The molecule has 3 N–H and O–H groups in total. The van der Waals surface area contributed by atoms with Crippen molar-refractivity contribution in [3.63, 3.8) is 0 Å². The lowest BCUT2D eigenvalue weighted by Gasteiger charge is -2.34. The molecule has 0 aromatic heterocycles. The second kappa shape index (κ2) is 8.84. The van der Waals surface area contributed by atoms with E-state index >= 15 is 0 Å². The second-order valence-corrected chi connectivity index (χ2v) is 6.99. The Kier molecular flexibility index (Phi) is 6.26. The molecule has 1 saturated heterocycles. The third-order valence-electron chi connectivity index (χ3n) is 5.08. The highest BCUT2D eigenvalue weighted by molar-refractivity contribution is 5.95. The van der Waals surface area contributed by atoms with Crippen molar-refractivity contribution in [3.05, 3.63) is 54.3 Å². The van der Waals surface area contributed by atoms with E-state index in [-0.39, 0.29) is 29.5 Å². The van der Waals surface area contributed by atoms with Crippen LogP contribution in [0.5, 0.6) is 5.75 Å². The highest BCUT2D eigenvalue weighted by Gasteiger charge is 2.30. The molecule has 0 bridgehead atoms. The number of carbonyl (C=O) groups excluding carboxylic acids is 2. The van der Waals surface area contributed by atoms with Gasteiger partial charge in [0.1, 0.15) is 11.6 Å². The zero-order valence-corrected chi connectivity index (χ0v) is 15.7. The summed E-state index contributed by atoms with van der Waals surface area (Å²) < 4.78 is 13.3. The third kappa shape index (κ3) is 4.86. The number of phenols is 1. The molecule has 2 aromatic rings. The maximum absolute atomic E-state index is 13.3.